The Morgan fingerprint density at radius 1 is 1.33 bits per heavy atom. The Morgan fingerprint density at radius 2 is 2.00 bits per heavy atom. The van der Waals surface area contributed by atoms with E-state index >= 15 is 0 Å². The molecule has 0 heterocycles. The maximum absolute atomic E-state index is 12.2. The first kappa shape index (κ1) is 17.6. The number of nitrogens with zero attached hydrogens (tertiary/aromatic N) is 1. The van der Waals surface area contributed by atoms with Gasteiger partial charge in [-0.25, -0.2) is 0 Å². The van der Waals surface area contributed by atoms with Crippen LogP contribution in [0.25, 0.3) is 0 Å². The molecule has 1 rings (SSSR count). The van der Waals surface area contributed by atoms with Gasteiger partial charge in [0.2, 0.25) is 5.91 Å². The molecular weight excluding hydrogens is 266 g/mol. The zero-order chi connectivity index (χ0) is 15.7. The molecule has 118 valence electrons. The summed E-state index contributed by atoms with van der Waals surface area (Å²) < 4.78 is 0. The normalized spacial score (nSPS) is 11.1. The van der Waals surface area contributed by atoms with Gasteiger partial charge in [-0.2, -0.15) is 0 Å². The van der Waals surface area contributed by atoms with Crippen LogP contribution in [0.3, 0.4) is 0 Å². The molecule has 0 fully saturated rings. The number of anilines is 1. The van der Waals surface area contributed by atoms with Crippen molar-refractivity contribution in [2.45, 2.75) is 39.3 Å². The highest BCUT2D eigenvalue weighted by Crippen LogP contribution is 2.14. The maximum atomic E-state index is 12.2. The van der Waals surface area contributed by atoms with Crippen molar-refractivity contribution in [2.75, 3.05) is 25.0 Å². The van der Waals surface area contributed by atoms with Gasteiger partial charge in [0.15, 0.2) is 0 Å². The molecule has 0 atom stereocenters. The third kappa shape index (κ3) is 5.46. The van der Waals surface area contributed by atoms with E-state index in [0.29, 0.717) is 19.1 Å². The predicted octanol–water partition coefficient (Wildman–Crippen LogP) is 1.57. The van der Waals surface area contributed by atoms with Gasteiger partial charge in [0.1, 0.15) is 0 Å². The molecule has 0 unspecified atom stereocenters. The molecule has 5 heteroatoms. The minimum atomic E-state index is -0.0729. The maximum Gasteiger partial charge on any atom is 0.238 e. The zero-order valence-electron chi connectivity index (χ0n) is 13.0. The molecule has 0 saturated heterocycles. The summed E-state index contributed by atoms with van der Waals surface area (Å²) in [6.45, 7) is 5.44. The molecule has 1 aromatic rings. The number of aliphatic hydroxyl groups is 1. The summed E-state index contributed by atoms with van der Waals surface area (Å²) in [7, 11) is 0. The number of hydrogen-bond acceptors (Lipinski definition) is 4. The first-order valence-electron chi connectivity index (χ1n) is 7.58. The van der Waals surface area contributed by atoms with Gasteiger partial charge in [0, 0.05) is 24.8 Å². The topological polar surface area (TPSA) is 78.6 Å². The van der Waals surface area contributed by atoms with Crippen LogP contribution < -0.4 is 11.1 Å². The monoisotopic (exact) mass is 293 g/mol. The van der Waals surface area contributed by atoms with Crippen molar-refractivity contribution in [1.29, 1.82) is 0 Å². The Kier molecular flexibility index (Phi) is 7.97. The van der Waals surface area contributed by atoms with Crippen molar-refractivity contribution >= 4 is 11.6 Å². The number of carbonyl (C=O) groups excluding carboxylic acids is 1. The van der Waals surface area contributed by atoms with Gasteiger partial charge in [0.25, 0.3) is 0 Å². The second-order valence-corrected chi connectivity index (χ2v) is 5.07. The first-order valence-corrected chi connectivity index (χ1v) is 7.58. The lowest BCUT2D eigenvalue weighted by atomic mass is 10.1. The van der Waals surface area contributed by atoms with Crippen LogP contribution in [-0.4, -0.2) is 41.7 Å². The number of carbonyl (C=O) groups is 1. The highest BCUT2D eigenvalue weighted by molar-refractivity contribution is 5.93. The Balaban J connectivity index is 2.69. The SMILES string of the molecule is CCC(CC)N(CCO)CC(=O)Nc1ccccc1CN. The van der Waals surface area contributed by atoms with Gasteiger partial charge in [0.05, 0.1) is 13.2 Å². The molecule has 1 aromatic carbocycles. The average Bonchev–Trinajstić information content (AvgIpc) is 2.49. The molecule has 4 N–H and O–H groups in total. The summed E-state index contributed by atoms with van der Waals surface area (Å²) in [5.74, 6) is -0.0729. The summed E-state index contributed by atoms with van der Waals surface area (Å²) in [5, 5.41) is 12.1. The van der Waals surface area contributed by atoms with Crippen LogP contribution in [0.15, 0.2) is 24.3 Å². The summed E-state index contributed by atoms with van der Waals surface area (Å²) in [5.41, 5.74) is 7.35. The molecule has 0 spiro atoms. The van der Waals surface area contributed by atoms with E-state index in [1.807, 2.05) is 29.2 Å². The number of nitrogens with two attached hydrogens (primary N) is 1. The van der Waals surface area contributed by atoms with E-state index < -0.39 is 0 Å². The molecule has 0 aliphatic carbocycles. The third-order valence-electron chi connectivity index (χ3n) is 3.70. The Labute approximate surface area is 127 Å². The molecule has 0 radical (unpaired) electrons. The van der Waals surface area contributed by atoms with Crippen molar-refractivity contribution in [3.63, 3.8) is 0 Å². The summed E-state index contributed by atoms with van der Waals surface area (Å²) in [6, 6.07) is 7.85. The van der Waals surface area contributed by atoms with Crippen LogP contribution in [0, 0.1) is 0 Å². The fourth-order valence-electron chi connectivity index (χ4n) is 2.52. The summed E-state index contributed by atoms with van der Waals surface area (Å²) in [6.07, 6.45) is 1.92. The van der Waals surface area contributed by atoms with Crippen LogP contribution in [0.2, 0.25) is 0 Å². The van der Waals surface area contributed by atoms with Gasteiger partial charge < -0.3 is 16.2 Å². The molecule has 0 saturated carbocycles. The van der Waals surface area contributed by atoms with Crippen LogP contribution in [0.4, 0.5) is 5.69 Å². The summed E-state index contributed by atoms with van der Waals surface area (Å²) >= 11 is 0. The number of nitrogens with one attached hydrogen (secondary N) is 1. The molecule has 21 heavy (non-hydrogen) atoms. The highest BCUT2D eigenvalue weighted by Gasteiger charge is 2.18. The minimum absolute atomic E-state index is 0.0587. The number of amides is 1. The van der Waals surface area contributed by atoms with E-state index in [4.69, 9.17) is 5.73 Å². The lowest BCUT2D eigenvalue weighted by Crippen LogP contribution is -2.42. The molecular formula is C16H27N3O2. The molecule has 0 aromatic heterocycles. The first-order chi connectivity index (χ1) is 10.2. The van der Waals surface area contributed by atoms with E-state index in [9.17, 15) is 9.90 Å². The number of para-hydroxylation sites is 1. The third-order valence-corrected chi connectivity index (χ3v) is 3.70. The van der Waals surface area contributed by atoms with Crippen molar-refractivity contribution in [3.05, 3.63) is 29.8 Å². The number of rotatable bonds is 9. The van der Waals surface area contributed by atoms with Gasteiger partial charge in [-0.15, -0.1) is 0 Å². The lowest BCUT2D eigenvalue weighted by Gasteiger charge is -2.29. The number of aliphatic hydroxyl groups excluding tert-OH is 1. The Hall–Kier alpha value is -1.43. The van der Waals surface area contributed by atoms with Crippen LogP contribution >= 0.6 is 0 Å². The number of hydrogen-bond donors (Lipinski definition) is 3. The van der Waals surface area contributed by atoms with Crippen LogP contribution in [0.1, 0.15) is 32.3 Å². The number of benzene rings is 1. The van der Waals surface area contributed by atoms with E-state index in [0.717, 1.165) is 24.1 Å². The molecule has 1 amide bonds. The average molecular weight is 293 g/mol. The standard InChI is InChI=1S/C16H27N3O2/c1-3-14(4-2)19(9-10-20)12-16(21)18-15-8-6-5-7-13(15)11-17/h5-8,14,20H,3-4,9-12,17H2,1-2H3,(H,18,21). The molecule has 5 nitrogen and oxygen atoms in total. The van der Waals surface area contributed by atoms with Gasteiger partial charge >= 0.3 is 0 Å². The molecule has 0 aliphatic heterocycles. The fraction of sp³-hybridized carbons (Fsp3) is 0.562. The lowest BCUT2D eigenvalue weighted by molar-refractivity contribution is -0.118. The zero-order valence-corrected chi connectivity index (χ0v) is 13.0. The molecule has 0 aliphatic rings. The van der Waals surface area contributed by atoms with Crippen LogP contribution in [-0.2, 0) is 11.3 Å². The largest absolute Gasteiger partial charge is 0.395 e. The van der Waals surface area contributed by atoms with Crippen molar-refractivity contribution in [3.8, 4) is 0 Å². The Morgan fingerprint density at radius 3 is 2.57 bits per heavy atom. The second-order valence-electron chi connectivity index (χ2n) is 5.07. The van der Waals surface area contributed by atoms with Crippen LogP contribution in [0.5, 0.6) is 0 Å². The van der Waals surface area contributed by atoms with Gasteiger partial charge in [-0.1, -0.05) is 32.0 Å². The Bertz CT molecular complexity index is 433. The van der Waals surface area contributed by atoms with Crippen molar-refractivity contribution < 1.29 is 9.90 Å². The minimum Gasteiger partial charge on any atom is -0.395 e. The smallest absolute Gasteiger partial charge is 0.238 e. The fourth-order valence-corrected chi connectivity index (χ4v) is 2.52. The summed E-state index contributed by atoms with van der Waals surface area (Å²) in [4.78, 5) is 14.3. The van der Waals surface area contributed by atoms with E-state index in [1.165, 1.54) is 0 Å². The predicted molar refractivity (Wildman–Crippen MR) is 86.0 cm³/mol. The van der Waals surface area contributed by atoms with E-state index in [1.54, 1.807) is 0 Å². The van der Waals surface area contributed by atoms with Gasteiger partial charge in [-0.05, 0) is 24.5 Å². The molecule has 0 bridgehead atoms. The second kappa shape index (κ2) is 9.50. The van der Waals surface area contributed by atoms with Crippen molar-refractivity contribution in [2.24, 2.45) is 5.73 Å². The van der Waals surface area contributed by atoms with E-state index in [-0.39, 0.29) is 19.1 Å². The van der Waals surface area contributed by atoms with Gasteiger partial charge in [-0.3, -0.25) is 9.69 Å². The van der Waals surface area contributed by atoms with E-state index in [2.05, 4.69) is 19.2 Å². The quantitative estimate of drug-likeness (QED) is 0.646. The highest BCUT2D eigenvalue weighted by atomic mass is 16.3. The van der Waals surface area contributed by atoms with Crippen molar-refractivity contribution in [1.82, 2.24) is 4.90 Å².